The third-order valence-corrected chi connectivity index (χ3v) is 5.40. The number of aromatic nitrogens is 4. The molecule has 5 aromatic rings. The highest BCUT2D eigenvalue weighted by atomic mass is 35.5. The van der Waals surface area contributed by atoms with Crippen molar-refractivity contribution in [2.75, 3.05) is 0 Å². The second kappa shape index (κ2) is 8.50. The summed E-state index contributed by atoms with van der Waals surface area (Å²) < 4.78 is 2.04. The third-order valence-electron chi connectivity index (χ3n) is 5.16. The van der Waals surface area contributed by atoms with Gasteiger partial charge in [0.15, 0.2) is 5.82 Å². The quantitative estimate of drug-likeness (QED) is 0.363. The van der Waals surface area contributed by atoms with Crippen LogP contribution < -0.4 is 0 Å². The van der Waals surface area contributed by atoms with Gasteiger partial charge >= 0.3 is 0 Å². The molecule has 0 spiro atoms. The van der Waals surface area contributed by atoms with Gasteiger partial charge in [0.05, 0.1) is 16.7 Å². The number of H-pyrrole nitrogens is 1. The van der Waals surface area contributed by atoms with Gasteiger partial charge in [-0.15, -0.1) is 0 Å². The number of aromatic amines is 1. The van der Waals surface area contributed by atoms with Crippen LogP contribution in [-0.4, -0.2) is 26.0 Å². The summed E-state index contributed by atoms with van der Waals surface area (Å²) in [7, 11) is 0. The second-order valence-electron chi connectivity index (χ2n) is 7.27. The molecule has 0 aliphatic heterocycles. The normalized spacial score (nSPS) is 11.2. The maximum atomic E-state index is 9.63. The Bertz CT molecular complexity index is 1470. The predicted octanol–water partition coefficient (Wildman–Crippen LogP) is 5.62. The maximum absolute atomic E-state index is 9.63. The molecule has 154 valence electrons. The molecule has 7 heteroatoms. The van der Waals surface area contributed by atoms with Crippen molar-refractivity contribution in [3.8, 4) is 11.8 Å². The summed E-state index contributed by atoms with van der Waals surface area (Å²) in [5.41, 5.74) is 6.06. The number of nitrogens with one attached hydrogen (secondary N) is 1. The lowest BCUT2D eigenvalue weighted by Gasteiger charge is -2.04. The van der Waals surface area contributed by atoms with Crippen LogP contribution in [0.15, 0.2) is 84.1 Å². The standard InChI is InChI=1S/C25H17ClN6/c26-19-5-3-4-18(12-19)13-23-21(14-27)25(31-30-23)28-15-17-8-10-20(11-9-17)32-16-29-22-6-1-2-7-24(22)32/h1-12,15-16H,13H2,(H,30,31). The van der Waals surface area contributed by atoms with Gasteiger partial charge in [-0.1, -0.05) is 48.0 Å². The first-order valence-electron chi connectivity index (χ1n) is 9.99. The van der Waals surface area contributed by atoms with Gasteiger partial charge in [0.1, 0.15) is 18.0 Å². The lowest BCUT2D eigenvalue weighted by atomic mass is 10.1. The SMILES string of the molecule is N#Cc1c(N=Cc2ccc(-n3cnc4ccccc43)cc2)n[nH]c1Cc1cccc(Cl)c1. The van der Waals surface area contributed by atoms with Crippen molar-refractivity contribution in [2.45, 2.75) is 6.42 Å². The molecule has 0 aliphatic rings. The molecule has 1 N–H and O–H groups in total. The van der Waals surface area contributed by atoms with Gasteiger partial charge in [-0.2, -0.15) is 10.4 Å². The minimum atomic E-state index is 0.370. The van der Waals surface area contributed by atoms with Crippen LogP contribution >= 0.6 is 11.6 Å². The fraction of sp³-hybridized carbons (Fsp3) is 0.0400. The Labute approximate surface area is 189 Å². The summed E-state index contributed by atoms with van der Waals surface area (Å²) in [6.45, 7) is 0. The third kappa shape index (κ3) is 3.89. The Morgan fingerprint density at radius 1 is 1.06 bits per heavy atom. The molecule has 0 unspecified atom stereocenters. The van der Waals surface area contributed by atoms with E-state index in [1.54, 1.807) is 6.21 Å². The van der Waals surface area contributed by atoms with Crippen molar-refractivity contribution >= 4 is 34.7 Å². The Hall–Kier alpha value is -4.21. The van der Waals surface area contributed by atoms with Crippen molar-refractivity contribution in [1.82, 2.24) is 19.7 Å². The zero-order valence-corrected chi connectivity index (χ0v) is 17.7. The number of aliphatic imine (C=N–C) groups is 1. The zero-order valence-electron chi connectivity index (χ0n) is 16.9. The smallest absolute Gasteiger partial charge is 0.191 e. The molecule has 0 fully saturated rings. The molecule has 32 heavy (non-hydrogen) atoms. The minimum Gasteiger partial charge on any atom is -0.299 e. The van der Waals surface area contributed by atoms with E-state index in [2.05, 4.69) is 26.2 Å². The topological polar surface area (TPSA) is 82.7 Å². The highest BCUT2D eigenvalue weighted by Crippen LogP contribution is 2.23. The van der Waals surface area contributed by atoms with Crippen LogP contribution in [0, 0.1) is 11.3 Å². The average Bonchev–Trinajstić information content (AvgIpc) is 3.42. The summed E-state index contributed by atoms with van der Waals surface area (Å²) >= 11 is 6.06. The Kier molecular flexibility index (Phi) is 5.24. The molecule has 2 heterocycles. The van der Waals surface area contributed by atoms with E-state index < -0.39 is 0 Å². The van der Waals surface area contributed by atoms with E-state index in [1.807, 2.05) is 83.7 Å². The fourth-order valence-corrected chi connectivity index (χ4v) is 3.79. The van der Waals surface area contributed by atoms with Crippen molar-refractivity contribution in [2.24, 2.45) is 4.99 Å². The number of hydrogen-bond acceptors (Lipinski definition) is 4. The summed E-state index contributed by atoms with van der Waals surface area (Å²) in [6, 6.07) is 25.7. The molecule has 6 nitrogen and oxygen atoms in total. The van der Waals surface area contributed by atoms with Crippen molar-refractivity contribution in [1.29, 1.82) is 5.26 Å². The largest absolute Gasteiger partial charge is 0.299 e. The first kappa shape index (κ1) is 19.7. The van der Waals surface area contributed by atoms with Gasteiger partial charge in [-0.3, -0.25) is 9.67 Å². The van der Waals surface area contributed by atoms with Crippen molar-refractivity contribution < 1.29 is 0 Å². The van der Waals surface area contributed by atoms with Gasteiger partial charge in [0.2, 0.25) is 0 Å². The fourth-order valence-electron chi connectivity index (χ4n) is 3.58. The predicted molar refractivity (Wildman–Crippen MR) is 126 cm³/mol. The zero-order chi connectivity index (χ0) is 21.9. The molecular formula is C25H17ClN6. The lowest BCUT2D eigenvalue weighted by Crippen LogP contribution is -1.92. The average molecular weight is 437 g/mol. The molecule has 0 bridgehead atoms. The van der Waals surface area contributed by atoms with Crippen LogP contribution in [0.1, 0.15) is 22.4 Å². The van der Waals surface area contributed by atoms with Crippen molar-refractivity contribution in [3.05, 3.63) is 107 Å². The van der Waals surface area contributed by atoms with Gasteiger partial charge in [-0.05, 0) is 47.5 Å². The molecule has 0 aliphatic carbocycles. The van der Waals surface area contributed by atoms with Crippen LogP contribution in [0.3, 0.4) is 0 Å². The molecule has 0 atom stereocenters. The molecule has 2 aromatic heterocycles. The van der Waals surface area contributed by atoms with Crippen LogP contribution in [0.25, 0.3) is 16.7 Å². The molecule has 0 saturated carbocycles. The highest BCUT2D eigenvalue weighted by Gasteiger charge is 2.13. The number of hydrogen-bond donors (Lipinski definition) is 1. The molecule has 0 saturated heterocycles. The highest BCUT2D eigenvalue weighted by molar-refractivity contribution is 6.30. The Morgan fingerprint density at radius 3 is 2.72 bits per heavy atom. The molecular weight excluding hydrogens is 420 g/mol. The van der Waals surface area contributed by atoms with Crippen LogP contribution in [0.5, 0.6) is 0 Å². The number of nitrogens with zero attached hydrogens (tertiary/aromatic N) is 5. The molecule has 5 rings (SSSR count). The summed E-state index contributed by atoms with van der Waals surface area (Å²) in [6.07, 6.45) is 4.05. The van der Waals surface area contributed by atoms with E-state index in [4.69, 9.17) is 11.6 Å². The molecule has 3 aromatic carbocycles. The van der Waals surface area contributed by atoms with E-state index in [0.717, 1.165) is 27.8 Å². The van der Waals surface area contributed by atoms with Crippen LogP contribution in [-0.2, 0) is 6.42 Å². The first-order valence-corrected chi connectivity index (χ1v) is 10.4. The van der Waals surface area contributed by atoms with E-state index in [1.165, 1.54) is 0 Å². The first-order chi connectivity index (χ1) is 15.7. The molecule has 0 amide bonds. The lowest BCUT2D eigenvalue weighted by molar-refractivity contribution is 0.993. The van der Waals surface area contributed by atoms with E-state index in [0.29, 0.717) is 28.5 Å². The van der Waals surface area contributed by atoms with Crippen LogP contribution in [0.4, 0.5) is 5.82 Å². The second-order valence-corrected chi connectivity index (χ2v) is 7.71. The number of benzene rings is 3. The van der Waals surface area contributed by atoms with Gasteiger partial charge in [-0.25, -0.2) is 9.98 Å². The summed E-state index contributed by atoms with van der Waals surface area (Å²) in [5.74, 6) is 0.370. The number of rotatable bonds is 5. The van der Waals surface area contributed by atoms with Gasteiger partial charge < -0.3 is 0 Å². The summed E-state index contributed by atoms with van der Waals surface area (Å²) in [4.78, 5) is 8.87. The number of nitriles is 1. The number of para-hydroxylation sites is 2. The van der Waals surface area contributed by atoms with E-state index in [-0.39, 0.29) is 0 Å². The number of halogens is 1. The van der Waals surface area contributed by atoms with Crippen LogP contribution in [0.2, 0.25) is 5.02 Å². The van der Waals surface area contributed by atoms with Gasteiger partial charge in [0.25, 0.3) is 0 Å². The number of fused-ring (bicyclic) bond motifs is 1. The van der Waals surface area contributed by atoms with E-state index >= 15 is 0 Å². The minimum absolute atomic E-state index is 0.370. The maximum Gasteiger partial charge on any atom is 0.191 e. The van der Waals surface area contributed by atoms with Gasteiger partial charge in [0, 0.05) is 23.3 Å². The Balaban J connectivity index is 1.36. The number of imidazole rings is 1. The summed E-state index contributed by atoms with van der Waals surface area (Å²) in [5, 5.41) is 17.4. The van der Waals surface area contributed by atoms with Crippen molar-refractivity contribution in [3.63, 3.8) is 0 Å². The Morgan fingerprint density at radius 2 is 1.91 bits per heavy atom. The monoisotopic (exact) mass is 436 g/mol. The molecule has 0 radical (unpaired) electrons. The van der Waals surface area contributed by atoms with E-state index in [9.17, 15) is 5.26 Å².